The fraction of sp³-hybridized carbons (Fsp3) is 0.143. The standard InChI is InChI=1S/C28H25N5OS2/c1-3-35-28-29-16-23-26(30-18-31-27(23)33-28)32-24-15-19(2)9-14-25(24)36-22-12-10-21(11-13-22)34-17-20-7-5-4-6-8-20/h4-16,18H,3,17H2,1-2H3,(H,29,30,31,32,33). The molecule has 0 aliphatic carbocycles. The van der Waals surface area contributed by atoms with E-state index in [1.165, 1.54) is 6.33 Å². The summed E-state index contributed by atoms with van der Waals surface area (Å²) < 4.78 is 5.93. The van der Waals surface area contributed by atoms with E-state index < -0.39 is 0 Å². The average Bonchev–Trinajstić information content (AvgIpc) is 2.91. The normalized spacial score (nSPS) is 10.9. The zero-order chi connectivity index (χ0) is 24.7. The van der Waals surface area contributed by atoms with Crippen molar-refractivity contribution in [3.05, 3.63) is 96.4 Å². The third-order valence-electron chi connectivity index (χ3n) is 5.33. The Labute approximate surface area is 219 Å². The second-order valence-corrected chi connectivity index (χ2v) is 10.4. The van der Waals surface area contributed by atoms with Gasteiger partial charge in [0.1, 0.15) is 24.5 Å². The van der Waals surface area contributed by atoms with Crippen LogP contribution in [-0.2, 0) is 6.61 Å². The highest BCUT2D eigenvalue weighted by Crippen LogP contribution is 2.37. The van der Waals surface area contributed by atoms with Gasteiger partial charge in [-0.15, -0.1) is 0 Å². The predicted octanol–water partition coefficient (Wildman–Crippen LogP) is 7.31. The van der Waals surface area contributed by atoms with Crippen LogP contribution in [0.25, 0.3) is 11.0 Å². The highest BCUT2D eigenvalue weighted by atomic mass is 32.2. The number of aryl methyl sites for hydroxylation is 1. The van der Waals surface area contributed by atoms with Crippen molar-refractivity contribution in [1.82, 2.24) is 19.9 Å². The molecule has 180 valence electrons. The lowest BCUT2D eigenvalue weighted by Crippen LogP contribution is -2.00. The minimum absolute atomic E-state index is 0.550. The van der Waals surface area contributed by atoms with Crippen LogP contribution in [0, 0.1) is 6.92 Å². The summed E-state index contributed by atoms with van der Waals surface area (Å²) in [6.07, 6.45) is 3.33. The molecule has 0 aliphatic heterocycles. The third kappa shape index (κ3) is 5.95. The summed E-state index contributed by atoms with van der Waals surface area (Å²) in [5.74, 6) is 2.44. The number of nitrogens with one attached hydrogen (secondary N) is 1. The Bertz CT molecular complexity index is 1460. The fourth-order valence-electron chi connectivity index (χ4n) is 3.56. The van der Waals surface area contributed by atoms with Gasteiger partial charge < -0.3 is 10.1 Å². The molecule has 0 spiro atoms. The van der Waals surface area contributed by atoms with Gasteiger partial charge in [0.15, 0.2) is 10.8 Å². The fourth-order valence-corrected chi connectivity index (χ4v) is 4.98. The number of ether oxygens (including phenoxy) is 1. The maximum absolute atomic E-state index is 5.93. The molecule has 36 heavy (non-hydrogen) atoms. The smallest absolute Gasteiger partial charge is 0.189 e. The van der Waals surface area contributed by atoms with E-state index in [1.807, 2.05) is 30.3 Å². The first kappa shape index (κ1) is 24.1. The van der Waals surface area contributed by atoms with Crippen LogP contribution in [0.3, 0.4) is 0 Å². The molecule has 8 heteroatoms. The van der Waals surface area contributed by atoms with Crippen molar-refractivity contribution in [3.8, 4) is 5.75 Å². The van der Waals surface area contributed by atoms with Gasteiger partial charge in [-0.2, -0.15) is 0 Å². The molecule has 2 heterocycles. The Morgan fingerprint density at radius 3 is 2.56 bits per heavy atom. The number of aromatic nitrogens is 4. The number of nitrogens with zero attached hydrogens (tertiary/aromatic N) is 4. The Balaban J connectivity index is 1.34. The number of anilines is 2. The lowest BCUT2D eigenvalue weighted by atomic mass is 10.2. The molecular formula is C28H25N5OS2. The van der Waals surface area contributed by atoms with Gasteiger partial charge in [0.05, 0.1) is 11.1 Å². The van der Waals surface area contributed by atoms with E-state index in [1.54, 1.807) is 29.7 Å². The van der Waals surface area contributed by atoms with Crippen molar-refractivity contribution in [3.63, 3.8) is 0 Å². The maximum atomic E-state index is 5.93. The molecule has 1 N–H and O–H groups in total. The molecule has 0 radical (unpaired) electrons. The van der Waals surface area contributed by atoms with Crippen LogP contribution in [0.5, 0.6) is 5.75 Å². The topological polar surface area (TPSA) is 72.8 Å². The van der Waals surface area contributed by atoms with Crippen LogP contribution in [-0.4, -0.2) is 25.7 Å². The van der Waals surface area contributed by atoms with Crippen molar-refractivity contribution in [2.75, 3.05) is 11.1 Å². The highest BCUT2D eigenvalue weighted by molar-refractivity contribution is 7.99. The van der Waals surface area contributed by atoms with Crippen molar-refractivity contribution in [2.45, 2.75) is 35.4 Å². The second kappa shape index (κ2) is 11.4. The van der Waals surface area contributed by atoms with Crippen LogP contribution in [0.1, 0.15) is 18.1 Å². The van der Waals surface area contributed by atoms with Crippen LogP contribution < -0.4 is 10.1 Å². The third-order valence-corrected chi connectivity index (χ3v) is 7.16. The summed E-state index contributed by atoms with van der Waals surface area (Å²) in [5, 5.41) is 5.00. The monoisotopic (exact) mass is 511 g/mol. The molecule has 0 amide bonds. The van der Waals surface area contributed by atoms with E-state index >= 15 is 0 Å². The van der Waals surface area contributed by atoms with Crippen LogP contribution >= 0.6 is 23.5 Å². The molecule has 0 saturated heterocycles. The summed E-state index contributed by atoms with van der Waals surface area (Å²) in [5.41, 5.74) is 3.90. The van der Waals surface area contributed by atoms with Gasteiger partial charge in [-0.25, -0.2) is 19.9 Å². The van der Waals surface area contributed by atoms with Crippen molar-refractivity contribution in [1.29, 1.82) is 0 Å². The molecule has 5 aromatic rings. The van der Waals surface area contributed by atoms with Gasteiger partial charge in [-0.05, 0) is 60.2 Å². The van der Waals surface area contributed by atoms with Crippen molar-refractivity contribution >= 4 is 46.1 Å². The molecule has 0 saturated carbocycles. The zero-order valence-corrected chi connectivity index (χ0v) is 21.6. The second-order valence-electron chi connectivity index (χ2n) is 8.02. The molecule has 0 unspecified atom stereocenters. The van der Waals surface area contributed by atoms with E-state index in [0.717, 1.165) is 48.7 Å². The first-order valence-electron chi connectivity index (χ1n) is 11.6. The van der Waals surface area contributed by atoms with Gasteiger partial charge in [0.25, 0.3) is 0 Å². The molecule has 2 aromatic heterocycles. The lowest BCUT2D eigenvalue weighted by Gasteiger charge is -2.14. The summed E-state index contributed by atoms with van der Waals surface area (Å²) in [4.78, 5) is 20.1. The van der Waals surface area contributed by atoms with Gasteiger partial charge in [0, 0.05) is 16.0 Å². The molecule has 0 fully saturated rings. The van der Waals surface area contributed by atoms with Crippen molar-refractivity contribution < 1.29 is 4.74 Å². The molecule has 0 atom stereocenters. The summed E-state index contributed by atoms with van der Waals surface area (Å²) in [6, 6.07) is 24.7. The van der Waals surface area contributed by atoms with Crippen LogP contribution in [0.2, 0.25) is 0 Å². The molecule has 0 bridgehead atoms. The SMILES string of the molecule is CCSc1ncc2c(Nc3cc(C)ccc3Sc3ccc(OCc4ccccc4)cc3)ncnc2n1. The summed E-state index contributed by atoms with van der Waals surface area (Å²) in [7, 11) is 0. The van der Waals surface area contributed by atoms with Gasteiger partial charge in [0.2, 0.25) is 0 Å². The Kier molecular flexibility index (Phi) is 7.64. The van der Waals surface area contributed by atoms with Gasteiger partial charge in [-0.3, -0.25) is 0 Å². The molecular weight excluding hydrogens is 486 g/mol. The van der Waals surface area contributed by atoms with E-state index in [2.05, 4.69) is 81.6 Å². The number of thioether (sulfide) groups is 1. The molecule has 3 aromatic carbocycles. The quantitative estimate of drug-likeness (QED) is 0.163. The van der Waals surface area contributed by atoms with Crippen LogP contribution in [0.15, 0.2) is 100 Å². The molecule has 6 nitrogen and oxygen atoms in total. The van der Waals surface area contributed by atoms with E-state index in [0.29, 0.717) is 18.1 Å². The largest absolute Gasteiger partial charge is 0.489 e. The summed E-state index contributed by atoms with van der Waals surface area (Å²) in [6.45, 7) is 4.70. The summed E-state index contributed by atoms with van der Waals surface area (Å²) >= 11 is 3.28. The van der Waals surface area contributed by atoms with E-state index in [9.17, 15) is 0 Å². The first-order chi connectivity index (χ1) is 17.7. The van der Waals surface area contributed by atoms with E-state index in [-0.39, 0.29) is 0 Å². The average molecular weight is 512 g/mol. The lowest BCUT2D eigenvalue weighted by molar-refractivity contribution is 0.306. The van der Waals surface area contributed by atoms with Gasteiger partial charge >= 0.3 is 0 Å². The van der Waals surface area contributed by atoms with Crippen molar-refractivity contribution in [2.24, 2.45) is 0 Å². The minimum atomic E-state index is 0.550. The number of rotatable bonds is 9. The zero-order valence-electron chi connectivity index (χ0n) is 20.0. The van der Waals surface area contributed by atoms with Gasteiger partial charge in [-0.1, -0.05) is 66.8 Å². The highest BCUT2D eigenvalue weighted by Gasteiger charge is 2.11. The Morgan fingerprint density at radius 1 is 0.917 bits per heavy atom. The number of hydrogen-bond donors (Lipinski definition) is 1. The van der Waals surface area contributed by atoms with E-state index in [4.69, 9.17) is 4.74 Å². The molecule has 0 aliphatic rings. The first-order valence-corrected chi connectivity index (χ1v) is 13.4. The number of hydrogen-bond acceptors (Lipinski definition) is 8. The molecule has 5 rings (SSSR count). The Morgan fingerprint density at radius 2 is 1.75 bits per heavy atom. The maximum Gasteiger partial charge on any atom is 0.189 e. The predicted molar refractivity (Wildman–Crippen MR) is 147 cm³/mol. The minimum Gasteiger partial charge on any atom is -0.489 e. The Hall–Kier alpha value is -3.62. The van der Waals surface area contributed by atoms with Crippen LogP contribution in [0.4, 0.5) is 11.5 Å². The number of benzene rings is 3. The number of fused-ring (bicyclic) bond motifs is 1.